The molecule has 0 bridgehead atoms. The van der Waals surface area contributed by atoms with Crippen molar-refractivity contribution < 1.29 is 9.53 Å². The normalized spacial score (nSPS) is 26.7. The number of nitrogens with one attached hydrogen (secondary N) is 1. The van der Waals surface area contributed by atoms with Crippen LogP contribution >= 0.6 is 0 Å². The summed E-state index contributed by atoms with van der Waals surface area (Å²) in [6.07, 6.45) is 7.12. The molecule has 1 N–H and O–H groups in total. The smallest absolute Gasteiger partial charge is 0.250 e. The predicted molar refractivity (Wildman–Crippen MR) is 76.0 cm³/mol. The lowest BCUT2D eigenvalue weighted by atomic mass is 9.78. The summed E-state index contributed by atoms with van der Waals surface area (Å²) in [5, 5.41) is 3.25. The van der Waals surface area contributed by atoms with E-state index in [-0.39, 0.29) is 12.0 Å². The first-order valence-corrected chi connectivity index (χ1v) is 7.81. The van der Waals surface area contributed by atoms with Crippen molar-refractivity contribution >= 4 is 5.91 Å². The van der Waals surface area contributed by atoms with E-state index >= 15 is 0 Å². The van der Waals surface area contributed by atoms with Crippen molar-refractivity contribution in [2.45, 2.75) is 57.6 Å². The second-order valence-corrected chi connectivity index (χ2v) is 6.07. The van der Waals surface area contributed by atoms with Gasteiger partial charge in [-0.25, -0.2) is 0 Å². The van der Waals surface area contributed by atoms with Crippen LogP contribution in [-0.2, 0) is 9.53 Å². The van der Waals surface area contributed by atoms with Gasteiger partial charge in [0.25, 0.3) is 5.91 Å². The van der Waals surface area contributed by atoms with Crippen molar-refractivity contribution in [2.24, 2.45) is 5.92 Å². The van der Waals surface area contributed by atoms with Crippen LogP contribution in [0.25, 0.3) is 0 Å². The third-order valence-electron chi connectivity index (χ3n) is 4.48. The number of morpholine rings is 1. The van der Waals surface area contributed by atoms with E-state index in [1.807, 2.05) is 7.05 Å². The number of ether oxygens (including phenoxy) is 1. The fourth-order valence-corrected chi connectivity index (χ4v) is 2.90. The maximum Gasteiger partial charge on any atom is 0.250 e. The van der Waals surface area contributed by atoms with E-state index < -0.39 is 0 Å². The van der Waals surface area contributed by atoms with Gasteiger partial charge in [0.15, 0.2) is 0 Å². The molecule has 0 aromatic rings. The van der Waals surface area contributed by atoms with Gasteiger partial charge < -0.3 is 15.0 Å². The maximum absolute atomic E-state index is 12.3. The first-order chi connectivity index (χ1) is 9.20. The zero-order valence-corrected chi connectivity index (χ0v) is 12.4. The van der Waals surface area contributed by atoms with Crippen LogP contribution in [0.1, 0.15) is 45.4 Å². The van der Waals surface area contributed by atoms with Gasteiger partial charge in [-0.1, -0.05) is 26.2 Å². The molecule has 1 aliphatic heterocycles. The van der Waals surface area contributed by atoms with Crippen LogP contribution in [0.15, 0.2) is 0 Å². The van der Waals surface area contributed by atoms with Crippen molar-refractivity contribution in [3.05, 3.63) is 0 Å². The highest BCUT2D eigenvalue weighted by atomic mass is 16.5. The van der Waals surface area contributed by atoms with E-state index in [0.29, 0.717) is 18.6 Å². The van der Waals surface area contributed by atoms with Crippen LogP contribution < -0.4 is 5.32 Å². The summed E-state index contributed by atoms with van der Waals surface area (Å²) >= 11 is 0. The van der Waals surface area contributed by atoms with Gasteiger partial charge in [0.1, 0.15) is 6.10 Å². The second-order valence-electron chi connectivity index (χ2n) is 6.07. The summed E-state index contributed by atoms with van der Waals surface area (Å²) in [5.41, 5.74) is 0. The van der Waals surface area contributed by atoms with Crippen molar-refractivity contribution in [1.82, 2.24) is 10.2 Å². The van der Waals surface area contributed by atoms with Crippen LogP contribution in [0.4, 0.5) is 0 Å². The average molecular weight is 268 g/mol. The highest BCUT2D eigenvalue weighted by Crippen LogP contribution is 2.31. The molecule has 1 saturated carbocycles. The van der Waals surface area contributed by atoms with Gasteiger partial charge in [-0.3, -0.25) is 4.79 Å². The molecule has 2 aliphatic rings. The molecule has 0 aromatic carbocycles. The fraction of sp³-hybridized carbons (Fsp3) is 0.933. The molecule has 110 valence electrons. The molecule has 0 radical (unpaired) electrons. The molecule has 2 atom stereocenters. The van der Waals surface area contributed by atoms with Crippen LogP contribution in [-0.4, -0.2) is 49.7 Å². The zero-order valence-electron chi connectivity index (χ0n) is 12.4. The molecular formula is C15H28N2O2. The Morgan fingerprint density at radius 3 is 2.84 bits per heavy atom. The van der Waals surface area contributed by atoms with E-state index in [9.17, 15) is 4.79 Å². The lowest BCUT2D eigenvalue weighted by molar-refractivity contribution is -0.139. The number of nitrogens with zero attached hydrogens (tertiary/aromatic N) is 1. The minimum Gasteiger partial charge on any atom is -0.366 e. The summed E-state index contributed by atoms with van der Waals surface area (Å²) < 4.78 is 5.59. The number of carbonyl (C=O) groups is 1. The quantitative estimate of drug-likeness (QED) is 0.798. The number of amides is 1. The van der Waals surface area contributed by atoms with Gasteiger partial charge in [0.2, 0.25) is 0 Å². The predicted octanol–water partition coefficient (Wildman–Crippen LogP) is 1.79. The lowest BCUT2D eigenvalue weighted by Gasteiger charge is -2.36. The number of rotatable bonds is 6. The molecule has 2 fully saturated rings. The highest BCUT2D eigenvalue weighted by Gasteiger charge is 2.31. The highest BCUT2D eigenvalue weighted by molar-refractivity contribution is 5.81. The van der Waals surface area contributed by atoms with Crippen molar-refractivity contribution in [3.63, 3.8) is 0 Å². The van der Waals surface area contributed by atoms with Gasteiger partial charge in [0, 0.05) is 19.1 Å². The maximum atomic E-state index is 12.3. The molecule has 1 saturated heterocycles. The van der Waals surface area contributed by atoms with E-state index in [1.165, 1.54) is 32.1 Å². The molecule has 1 heterocycles. The second kappa shape index (κ2) is 7.25. The van der Waals surface area contributed by atoms with E-state index in [4.69, 9.17) is 4.74 Å². The van der Waals surface area contributed by atoms with Crippen molar-refractivity contribution in [3.8, 4) is 0 Å². The zero-order chi connectivity index (χ0) is 13.7. The number of carbonyl (C=O) groups excluding carboxylic acids is 1. The third-order valence-corrected chi connectivity index (χ3v) is 4.48. The topological polar surface area (TPSA) is 41.6 Å². The number of likely N-dealkylation sites (N-methyl/N-ethyl adjacent to an activating group) is 1. The molecular weight excluding hydrogens is 240 g/mol. The fourth-order valence-electron chi connectivity index (χ4n) is 2.90. The van der Waals surface area contributed by atoms with Crippen LogP contribution in [0.5, 0.6) is 0 Å². The molecule has 0 aromatic heterocycles. The Hall–Kier alpha value is -0.610. The third kappa shape index (κ3) is 4.18. The van der Waals surface area contributed by atoms with Gasteiger partial charge >= 0.3 is 0 Å². The van der Waals surface area contributed by atoms with Gasteiger partial charge in [-0.2, -0.15) is 0 Å². The number of unbranched alkanes of at least 4 members (excludes halogenated alkanes) is 1. The molecule has 2 rings (SSSR count). The Morgan fingerprint density at radius 1 is 1.47 bits per heavy atom. The van der Waals surface area contributed by atoms with Crippen LogP contribution in [0.2, 0.25) is 0 Å². The van der Waals surface area contributed by atoms with Crippen LogP contribution in [0.3, 0.4) is 0 Å². The Morgan fingerprint density at radius 2 is 2.26 bits per heavy atom. The Kier molecular flexibility index (Phi) is 5.64. The summed E-state index contributed by atoms with van der Waals surface area (Å²) in [7, 11) is 2.04. The van der Waals surface area contributed by atoms with Gasteiger partial charge in [-0.15, -0.1) is 0 Å². The molecule has 4 nitrogen and oxygen atoms in total. The first-order valence-electron chi connectivity index (χ1n) is 7.81. The minimum atomic E-state index is -0.275. The Balaban J connectivity index is 1.82. The molecule has 19 heavy (non-hydrogen) atoms. The monoisotopic (exact) mass is 268 g/mol. The molecule has 1 aliphatic carbocycles. The van der Waals surface area contributed by atoms with E-state index in [1.54, 1.807) is 0 Å². The SMILES string of the molecule is CCCC[C@@H](NC(=O)[C@@H]1CN(C)CCO1)C1CCC1. The largest absolute Gasteiger partial charge is 0.366 e. The molecule has 1 amide bonds. The average Bonchev–Trinajstić information content (AvgIpc) is 2.33. The molecule has 4 heteroatoms. The number of hydrogen-bond donors (Lipinski definition) is 1. The molecule has 0 unspecified atom stereocenters. The van der Waals surface area contributed by atoms with Crippen LogP contribution in [0, 0.1) is 5.92 Å². The summed E-state index contributed by atoms with van der Waals surface area (Å²) in [5.74, 6) is 0.802. The van der Waals surface area contributed by atoms with Crippen molar-refractivity contribution in [2.75, 3.05) is 26.7 Å². The molecule has 0 spiro atoms. The van der Waals surface area contributed by atoms with Gasteiger partial charge in [-0.05, 0) is 32.2 Å². The van der Waals surface area contributed by atoms with E-state index in [2.05, 4.69) is 17.1 Å². The van der Waals surface area contributed by atoms with Gasteiger partial charge in [0.05, 0.1) is 6.61 Å². The van der Waals surface area contributed by atoms with Crippen molar-refractivity contribution in [1.29, 1.82) is 0 Å². The minimum absolute atomic E-state index is 0.0968. The first kappa shape index (κ1) is 14.8. The standard InChI is InChI=1S/C15H28N2O2/c1-3-4-8-13(12-6-5-7-12)16-15(18)14-11-17(2)9-10-19-14/h12-14H,3-11H2,1-2H3,(H,16,18)/t13-,14+/m1/s1. The summed E-state index contributed by atoms with van der Waals surface area (Å²) in [6.45, 7) is 4.51. The summed E-state index contributed by atoms with van der Waals surface area (Å²) in [4.78, 5) is 14.5. The Bertz CT molecular complexity index is 292. The van der Waals surface area contributed by atoms with E-state index in [0.717, 1.165) is 19.5 Å². The Labute approximate surface area is 116 Å². The number of hydrogen-bond acceptors (Lipinski definition) is 3. The summed E-state index contributed by atoms with van der Waals surface area (Å²) in [6, 6.07) is 0.372. The lowest BCUT2D eigenvalue weighted by Crippen LogP contribution is -2.52.